The van der Waals surface area contributed by atoms with Crippen LogP contribution in [0, 0.1) is 0 Å². The Morgan fingerprint density at radius 3 is 2.59 bits per heavy atom. The highest BCUT2D eigenvalue weighted by atomic mass is 79.9. The zero-order valence-electron chi connectivity index (χ0n) is 9.22. The van der Waals surface area contributed by atoms with E-state index in [1.165, 1.54) is 6.07 Å². The Bertz CT molecular complexity index is 381. The van der Waals surface area contributed by atoms with Crippen LogP contribution in [0.4, 0.5) is 13.2 Å². The molecule has 1 aromatic carbocycles. The van der Waals surface area contributed by atoms with Crippen LogP contribution < -0.4 is 5.73 Å². The van der Waals surface area contributed by atoms with Crippen molar-refractivity contribution < 1.29 is 17.9 Å². The van der Waals surface area contributed by atoms with Gasteiger partial charge in [0.1, 0.15) is 0 Å². The quantitative estimate of drug-likeness (QED) is 0.923. The molecule has 0 saturated heterocycles. The van der Waals surface area contributed by atoms with E-state index in [4.69, 9.17) is 10.5 Å². The predicted molar refractivity (Wildman–Crippen MR) is 62.6 cm³/mol. The van der Waals surface area contributed by atoms with Gasteiger partial charge in [0.15, 0.2) is 0 Å². The normalized spacial score (nSPS) is 13.8. The number of hydrogen-bond donors (Lipinski definition) is 1. The summed E-state index contributed by atoms with van der Waals surface area (Å²) < 4.78 is 43.2. The Morgan fingerprint density at radius 1 is 1.41 bits per heavy atom. The van der Waals surface area contributed by atoms with E-state index in [1.54, 1.807) is 6.92 Å². The molecule has 0 radical (unpaired) electrons. The summed E-state index contributed by atoms with van der Waals surface area (Å²) in [4.78, 5) is 0. The van der Waals surface area contributed by atoms with Crippen LogP contribution in [0.5, 0.6) is 0 Å². The molecule has 0 saturated carbocycles. The summed E-state index contributed by atoms with van der Waals surface area (Å²) in [6.45, 7) is 2.47. The van der Waals surface area contributed by atoms with Gasteiger partial charge in [-0.25, -0.2) is 0 Å². The molecule has 6 heteroatoms. The molecule has 1 unspecified atom stereocenters. The highest BCUT2D eigenvalue weighted by molar-refractivity contribution is 9.10. The summed E-state index contributed by atoms with van der Waals surface area (Å²) in [6, 6.07) is 2.84. The standard InChI is InChI=1S/C11H13BrF3NO/c1-2-17-6-10(16)8-5-7(11(13,14)15)3-4-9(8)12/h3-5,10H,2,6,16H2,1H3. The Labute approximate surface area is 106 Å². The number of rotatable bonds is 4. The molecule has 0 heterocycles. The molecule has 96 valence electrons. The van der Waals surface area contributed by atoms with Gasteiger partial charge in [0.25, 0.3) is 0 Å². The minimum absolute atomic E-state index is 0.191. The van der Waals surface area contributed by atoms with Gasteiger partial charge in [0, 0.05) is 11.1 Å². The average Bonchev–Trinajstić information content (AvgIpc) is 2.24. The van der Waals surface area contributed by atoms with Crippen LogP contribution in [0.15, 0.2) is 22.7 Å². The summed E-state index contributed by atoms with van der Waals surface area (Å²) in [6.07, 6.45) is -4.36. The molecule has 1 aromatic rings. The maximum Gasteiger partial charge on any atom is 0.416 e. The van der Waals surface area contributed by atoms with Crippen LogP contribution >= 0.6 is 15.9 Å². The van der Waals surface area contributed by atoms with Gasteiger partial charge in [-0.3, -0.25) is 0 Å². The van der Waals surface area contributed by atoms with E-state index in [9.17, 15) is 13.2 Å². The molecular weight excluding hydrogens is 299 g/mol. The van der Waals surface area contributed by atoms with Crippen LogP contribution in [-0.2, 0) is 10.9 Å². The first kappa shape index (κ1) is 14.5. The summed E-state index contributed by atoms with van der Waals surface area (Å²) in [5.41, 5.74) is 5.46. The maximum absolute atomic E-state index is 12.5. The second kappa shape index (κ2) is 5.84. The van der Waals surface area contributed by atoms with E-state index >= 15 is 0 Å². The lowest BCUT2D eigenvalue weighted by Crippen LogP contribution is -2.18. The second-order valence-electron chi connectivity index (χ2n) is 3.50. The summed E-state index contributed by atoms with van der Waals surface area (Å²) in [5, 5.41) is 0. The zero-order chi connectivity index (χ0) is 13.1. The molecule has 0 fully saturated rings. The highest BCUT2D eigenvalue weighted by Gasteiger charge is 2.31. The van der Waals surface area contributed by atoms with Crippen molar-refractivity contribution in [1.29, 1.82) is 0 Å². The van der Waals surface area contributed by atoms with Gasteiger partial charge in [-0.1, -0.05) is 15.9 Å². The van der Waals surface area contributed by atoms with Gasteiger partial charge in [-0.05, 0) is 30.7 Å². The molecule has 1 rings (SSSR count). The van der Waals surface area contributed by atoms with E-state index in [0.717, 1.165) is 12.1 Å². The monoisotopic (exact) mass is 311 g/mol. The van der Waals surface area contributed by atoms with Crippen molar-refractivity contribution in [3.63, 3.8) is 0 Å². The summed E-state index contributed by atoms with van der Waals surface area (Å²) in [5.74, 6) is 0. The molecule has 0 aliphatic rings. The van der Waals surface area contributed by atoms with E-state index in [-0.39, 0.29) is 6.61 Å². The van der Waals surface area contributed by atoms with Gasteiger partial charge < -0.3 is 10.5 Å². The molecule has 0 aromatic heterocycles. The first-order valence-electron chi connectivity index (χ1n) is 5.06. The second-order valence-corrected chi connectivity index (χ2v) is 4.35. The van der Waals surface area contributed by atoms with Gasteiger partial charge in [0.2, 0.25) is 0 Å². The fraction of sp³-hybridized carbons (Fsp3) is 0.455. The van der Waals surface area contributed by atoms with Gasteiger partial charge >= 0.3 is 6.18 Å². The molecular formula is C11H13BrF3NO. The number of benzene rings is 1. The number of hydrogen-bond acceptors (Lipinski definition) is 2. The minimum atomic E-state index is -4.36. The fourth-order valence-corrected chi connectivity index (χ4v) is 1.88. The zero-order valence-corrected chi connectivity index (χ0v) is 10.8. The van der Waals surface area contributed by atoms with Crippen molar-refractivity contribution >= 4 is 15.9 Å². The third-order valence-electron chi connectivity index (χ3n) is 2.22. The summed E-state index contributed by atoms with van der Waals surface area (Å²) >= 11 is 3.19. The van der Waals surface area contributed by atoms with Crippen molar-refractivity contribution in [2.75, 3.05) is 13.2 Å². The first-order valence-corrected chi connectivity index (χ1v) is 5.85. The Morgan fingerprint density at radius 2 is 2.06 bits per heavy atom. The number of nitrogens with two attached hydrogens (primary N) is 1. The van der Waals surface area contributed by atoms with Crippen LogP contribution in [0.3, 0.4) is 0 Å². The van der Waals surface area contributed by atoms with Gasteiger partial charge in [-0.2, -0.15) is 13.2 Å². The van der Waals surface area contributed by atoms with E-state index < -0.39 is 17.8 Å². The van der Waals surface area contributed by atoms with Gasteiger partial charge in [0.05, 0.1) is 18.2 Å². The molecule has 1 atom stereocenters. The Kier molecular flexibility index (Phi) is 4.97. The molecule has 2 nitrogen and oxygen atoms in total. The number of ether oxygens (including phenoxy) is 1. The Hall–Kier alpha value is -0.590. The number of halogens is 4. The van der Waals surface area contributed by atoms with Crippen LogP contribution in [-0.4, -0.2) is 13.2 Å². The van der Waals surface area contributed by atoms with Crippen LogP contribution in [0.25, 0.3) is 0 Å². The molecule has 0 bridgehead atoms. The maximum atomic E-state index is 12.5. The largest absolute Gasteiger partial charge is 0.416 e. The smallest absolute Gasteiger partial charge is 0.380 e. The van der Waals surface area contributed by atoms with Crippen molar-refractivity contribution in [2.45, 2.75) is 19.1 Å². The van der Waals surface area contributed by atoms with Crippen LogP contribution in [0.1, 0.15) is 24.1 Å². The minimum Gasteiger partial charge on any atom is -0.380 e. The van der Waals surface area contributed by atoms with Crippen LogP contribution in [0.2, 0.25) is 0 Å². The van der Waals surface area contributed by atoms with Crippen molar-refractivity contribution in [3.05, 3.63) is 33.8 Å². The molecule has 0 spiro atoms. The van der Waals surface area contributed by atoms with Gasteiger partial charge in [-0.15, -0.1) is 0 Å². The third-order valence-corrected chi connectivity index (χ3v) is 2.95. The lowest BCUT2D eigenvalue weighted by atomic mass is 10.0. The molecule has 0 amide bonds. The van der Waals surface area contributed by atoms with Crippen molar-refractivity contribution in [2.24, 2.45) is 5.73 Å². The predicted octanol–water partition coefficient (Wildman–Crippen LogP) is 3.50. The number of alkyl halides is 3. The average molecular weight is 312 g/mol. The molecule has 0 aliphatic heterocycles. The summed E-state index contributed by atoms with van der Waals surface area (Å²) in [7, 11) is 0. The lowest BCUT2D eigenvalue weighted by Gasteiger charge is -2.16. The molecule has 17 heavy (non-hydrogen) atoms. The van der Waals surface area contributed by atoms with Crippen molar-refractivity contribution in [3.8, 4) is 0 Å². The molecule has 2 N–H and O–H groups in total. The lowest BCUT2D eigenvalue weighted by molar-refractivity contribution is -0.137. The third kappa shape index (κ3) is 3.97. The SMILES string of the molecule is CCOCC(N)c1cc(C(F)(F)F)ccc1Br. The van der Waals surface area contributed by atoms with E-state index in [0.29, 0.717) is 16.6 Å². The first-order chi connectivity index (χ1) is 7.86. The highest BCUT2D eigenvalue weighted by Crippen LogP contribution is 2.33. The Balaban J connectivity index is 2.98. The topological polar surface area (TPSA) is 35.2 Å². The van der Waals surface area contributed by atoms with Crippen molar-refractivity contribution in [1.82, 2.24) is 0 Å². The molecule has 0 aliphatic carbocycles. The van der Waals surface area contributed by atoms with E-state index in [1.807, 2.05) is 0 Å². The van der Waals surface area contributed by atoms with E-state index in [2.05, 4.69) is 15.9 Å². The fourth-order valence-electron chi connectivity index (χ4n) is 1.34.